The van der Waals surface area contributed by atoms with Crippen molar-refractivity contribution in [2.45, 2.75) is 45.7 Å². The molecular weight excluding hydrogens is 496 g/mol. The van der Waals surface area contributed by atoms with Gasteiger partial charge in [0.2, 0.25) is 17.8 Å². The fraction of sp³-hybridized carbons (Fsp3) is 0.345. The number of carbonyl (C=O) groups excluding carboxylic acids is 4. The Morgan fingerprint density at radius 1 is 1.05 bits per heavy atom. The minimum Gasteiger partial charge on any atom is -0.350 e. The Bertz CT molecular complexity index is 1400. The number of rotatable bonds is 10. The van der Waals surface area contributed by atoms with Gasteiger partial charge in [0.05, 0.1) is 11.0 Å². The van der Waals surface area contributed by atoms with Crippen molar-refractivity contribution in [2.75, 3.05) is 30.4 Å². The van der Waals surface area contributed by atoms with Crippen LogP contribution in [0, 0.1) is 0 Å². The van der Waals surface area contributed by atoms with E-state index in [1.54, 1.807) is 30.1 Å². The van der Waals surface area contributed by atoms with Crippen molar-refractivity contribution >= 4 is 46.3 Å². The van der Waals surface area contributed by atoms with Crippen molar-refractivity contribution < 1.29 is 19.2 Å². The Labute approximate surface area is 227 Å². The van der Waals surface area contributed by atoms with Crippen LogP contribution in [0.4, 0.5) is 11.6 Å². The van der Waals surface area contributed by atoms with Crippen LogP contribution in [0.5, 0.6) is 0 Å². The molecule has 3 aromatic rings. The zero-order valence-corrected chi connectivity index (χ0v) is 22.5. The lowest BCUT2D eigenvalue weighted by molar-refractivity contribution is -0.127. The first-order valence-corrected chi connectivity index (χ1v) is 13.1. The highest BCUT2D eigenvalue weighted by molar-refractivity contribution is 6.07. The van der Waals surface area contributed by atoms with Crippen LogP contribution in [-0.4, -0.2) is 64.3 Å². The molecule has 2 N–H and O–H groups in total. The van der Waals surface area contributed by atoms with Crippen molar-refractivity contribution in [1.29, 1.82) is 0 Å². The number of nitrogens with zero attached hydrogens (tertiary/aromatic N) is 4. The molecule has 10 nitrogen and oxygen atoms in total. The Hall–Kier alpha value is -4.47. The molecule has 1 aliphatic heterocycles. The fourth-order valence-corrected chi connectivity index (χ4v) is 4.54. The number of imidazole rings is 1. The molecule has 2 aromatic carbocycles. The molecular formula is C29H34N6O4. The summed E-state index contributed by atoms with van der Waals surface area (Å²) in [6, 6.07) is 14.5. The molecule has 2 heterocycles. The van der Waals surface area contributed by atoms with Crippen LogP contribution >= 0.6 is 0 Å². The highest BCUT2D eigenvalue weighted by atomic mass is 16.2. The third-order valence-electron chi connectivity index (χ3n) is 6.48. The fourth-order valence-electron chi connectivity index (χ4n) is 4.54. The van der Waals surface area contributed by atoms with Crippen LogP contribution in [0.2, 0.25) is 0 Å². The Morgan fingerprint density at radius 2 is 1.79 bits per heavy atom. The van der Waals surface area contributed by atoms with Gasteiger partial charge in [0, 0.05) is 62.5 Å². The van der Waals surface area contributed by atoms with Crippen LogP contribution in [0.25, 0.3) is 11.0 Å². The predicted molar refractivity (Wildman–Crippen MR) is 150 cm³/mol. The van der Waals surface area contributed by atoms with Crippen LogP contribution in [-0.2, 0) is 20.9 Å². The van der Waals surface area contributed by atoms with Gasteiger partial charge in [-0.05, 0) is 57.0 Å². The van der Waals surface area contributed by atoms with Crippen molar-refractivity contribution in [3.05, 3.63) is 66.2 Å². The molecule has 1 aromatic heterocycles. The lowest BCUT2D eigenvalue weighted by Gasteiger charge is -2.18. The molecule has 4 rings (SSSR count). The number of amides is 4. The second kappa shape index (κ2) is 12.4. The molecule has 4 amide bonds. The van der Waals surface area contributed by atoms with Crippen LogP contribution < -0.4 is 15.5 Å². The lowest BCUT2D eigenvalue weighted by atomic mass is 10.2. The van der Waals surface area contributed by atoms with Crippen molar-refractivity contribution in [1.82, 2.24) is 19.8 Å². The van der Waals surface area contributed by atoms with Gasteiger partial charge in [-0.15, -0.1) is 0 Å². The summed E-state index contributed by atoms with van der Waals surface area (Å²) in [6.45, 7) is 5.58. The van der Waals surface area contributed by atoms with E-state index < -0.39 is 5.91 Å². The average molecular weight is 531 g/mol. The van der Waals surface area contributed by atoms with E-state index in [2.05, 4.69) is 15.6 Å². The van der Waals surface area contributed by atoms with Crippen molar-refractivity contribution in [2.24, 2.45) is 0 Å². The first kappa shape index (κ1) is 27.6. The Balaban J connectivity index is 1.57. The number of nitrogens with one attached hydrogen (secondary N) is 2. The Kier molecular flexibility index (Phi) is 8.75. The molecule has 0 saturated carbocycles. The monoisotopic (exact) mass is 530 g/mol. The van der Waals surface area contributed by atoms with E-state index in [0.717, 1.165) is 18.5 Å². The van der Waals surface area contributed by atoms with E-state index in [9.17, 15) is 19.2 Å². The second-order valence-electron chi connectivity index (χ2n) is 9.81. The predicted octanol–water partition coefficient (Wildman–Crippen LogP) is 3.34. The highest BCUT2D eigenvalue weighted by Crippen LogP contribution is 2.26. The minimum absolute atomic E-state index is 0.0435. The van der Waals surface area contributed by atoms with E-state index >= 15 is 0 Å². The maximum atomic E-state index is 13.0. The third kappa shape index (κ3) is 6.90. The number of carbonyl (C=O) groups is 4. The van der Waals surface area contributed by atoms with Gasteiger partial charge in [-0.25, -0.2) is 4.98 Å². The van der Waals surface area contributed by atoms with Gasteiger partial charge in [-0.1, -0.05) is 18.2 Å². The maximum Gasteiger partial charge on any atom is 0.258 e. The molecule has 0 aliphatic carbocycles. The number of benzene rings is 2. The van der Waals surface area contributed by atoms with E-state index in [0.29, 0.717) is 48.6 Å². The normalized spacial score (nSPS) is 13.4. The largest absolute Gasteiger partial charge is 0.350 e. The number of hydrogen-bond acceptors (Lipinski definition) is 5. The maximum absolute atomic E-state index is 13.0. The molecule has 1 aliphatic rings. The van der Waals surface area contributed by atoms with E-state index in [4.69, 9.17) is 0 Å². The standard InChI is InChI=1S/C29H34N6O4/c1-20(2)30-25(36)14-15-26(37)32-29-31-23-19-22(33(3)28(39)21-9-5-4-6-10-21)12-13-24(23)35(29)18-8-17-34-16-7-11-27(34)38/h4-6,9-10,12-15,19-20H,7-8,11,16-18H2,1-3H3,(H,30,36)(H,31,32,37)/b15-14+. The molecule has 204 valence electrons. The van der Waals surface area contributed by atoms with Crippen molar-refractivity contribution in [3.8, 4) is 0 Å². The smallest absolute Gasteiger partial charge is 0.258 e. The molecule has 0 spiro atoms. The summed E-state index contributed by atoms with van der Waals surface area (Å²) >= 11 is 0. The van der Waals surface area contributed by atoms with Gasteiger partial charge in [0.25, 0.3) is 11.8 Å². The number of likely N-dealkylation sites (tertiary alicyclic amines) is 1. The second-order valence-corrected chi connectivity index (χ2v) is 9.81. The molecule has 0 atom stereocenters. The molecule has 0 bridgehead atoms. The number of anilines is 2. The molecule has 0 radical (unpaired) electrons. The van der Waals surface area contributed by atoms with Gasteiger partial charge in [0.15, 0.2) is 0 Å². The number of hydrogen-bond donors (Lipinski definition) is 2. The quantitative estimate of drug-likeness (QED) is 0.390. The SMILES string of the molecule is CC(C)NC(=O)/C=C/C(=O)Nc1nc2cc(N(C)C(=O)c3ccccc3)ccc2n1CCCN1CCCC1=O. The first-order chi connectivity index (χ1) is 18.7. The van der Waals surface area contributed by atoms with Crippen molar-refractivity contribution in [3.63, 3.8) is 0 Å². The Morgan fingerprint density at radius 3 is 2.49 bits per heavy atom. The first-order valence-electron chi connectivity index (χ1n) is 13.1. The number of fused-ring (bicyclic) bond motifs is 1. The van der Waals surface area contributed by atoms with E-state index in [1.807, 2.05) is 53.6 Å². The van der Waals surface area contributed by atoms with Crippen LogP contribution in [0.1, 0.15) is 43.5 Å². The summed E-state index contributed by atoms with van der Waals surface area (Å²) in [5, 5.41) is 5.48. The minimum atomic E-state index is -0.489. The molecule has 10 heteroatoms. The number of aromatic nitrogens is 2. The summed E-state index contributed by atoms with van der Waals surface area (Å²) in [4.78, 5) is 57.6. The summed E-state index contributed by atoms with van der Waals surface area (Å²) < 4.78 is 1.89. The van der Waals surface area contributed by atoms with Crippen LogP contribution in [0.15, 0.2) is 60.7 Å². The third-order valence-corrected chi connectivity index (χ3v) is 6.48. The van der Waals surface area contributed by atoms with Crippen LogP contribution in [0.3, 0.4) is 0 Å². The molecule has 39 heavy (non-hydrogen) atoms. The van der Waals surface area contributed by atoms with Gasteiger partial charge >= 0.3 is 0 Å². The average Bonchev–Trinajstić information content (AvgIpc) is 3.48. The molecule has 1 fully saturated rings. The molecule has 1 saturated heterocycles. The van der Waals surface area contributed by atoms with E-state index in [1.165, 1.54) is 12.2 Å². The lowest BCUT2D eigenvalue weighted by Crippen LogP contribution is -2.28. The van der Waals surface area contributed by atoms with Gasteiger partial charge < -0.3 is 19.7 Å². The van der Waals surface area contributed by atoms with Gasteiger partial charge in [-0.3, -0.25) is 24.5 Å². The summed E-state index contributed by atoms with van der Waals surface area (Å²) in [6.07, 6.45) is 4.50. The zero-order chi connectivity index (χ0) is 27.9. The highest BCUT2D eigenvalue weighted by Gasteiger charge is 2.21. The number of aryl methyl sites for hydroxylation is 1. The van der Waals surface area contributed by atoms with E-state index in [-0.39, 0.29) is 23.8 Å². The summed E-state index contributed by atoms with van der Waals surface area (Å²) in [5.41, 5.74) is 2.62. The molecule has 0 unspecified atom stereocenters. The zero-order valence-electron chi connectivity index (χ0n) is 22.5. The summed E-state index contributed by atoms with van der Waals surface area (Å²) in [5.74, 6) is -0.509. The topological polar surface area (TPSA) is 117 Å². The summed E-state index contributed by atoms with van der Waals surface area (Å²) in [7, 11) is 1.70. The van der Waals surface area contributed by atoms with Gasteiger partial charge in [-0.2, -0.15) is 0 Å². The van der Waals surface area contributed by atoms with Gasteiger partial charge in [0.1, 0.15) is 0 Å².